The number of fused-ring (bicyclic) bond motifs is 1. The van der Waals surface area contributed by atoms with Crippen molar-refractivity contribution in [1.82, 2.24) is 5.32 Å². The first-order valence-corrected chi connectivity index (χ1v) is 8.27. The Hall–Kier alpha value is -1.28. The summed E-state index contributed by atoms with van der Waals surface area (Å²) in [5.74, 6) is 2.38. The van der Waals surface area contributed by atoms with E-state index in [9.17, 15) is 0 Å². The third-order valence-electron chi connectivity index (χ3n) is 4.47. The average Bonchev–Trinajstić information content (AvgIpc) is 3.17. The minimum atomic E-state index is 0.482. The van der Waals surface area contributed by atoms with E-state index in [2.05, 4.69) is 52.1 Å². The second-order valence-electron chi connectivity index (χ2n) is 7.08. The molecule has 1 heterocycles. The number of hydrogen-bond acceptors (Lipinski definition) is 2. The minimum Gasteiger partial charge on any atom is -0.459 e. The zero-order valence-corrected chi connectivity index (χ0v) is 13.9. The highest BCUT2D eigenvalue weighted by Gasteiger charge is 2.32. The fourth-order valence-electron chi connectivity index (χ4n) is 3.15. The lowest BCUT2D eigenvalue weighted by atomic mass is 9.95. The number of nitrogens with one attached hydrogen (secondary N) is 1. The lowest BCUT2D eigenvalue weighted by Gasteiger charge is -2.08. The van der Waals surface area contributed by atoms with Gasteiger partial charge in [-0.1, -0.05) is 39.8 Å². The summed E-state index contributed by atoms with van der Waals surface area (Å²) >= 11 is 0. The van der Waals surface area contributed by atoms with E-state index in [-0.39, 0.29) is 0 Å². The van der Waals surface area contributed by atoms with Crippen LogP contribution in [0.2, 0.25) is 0 Å². The van der Waals surface area contributed by atoms with Crippen molar-refractivity contribution in [2.24, 2.45) is 0 Å². The van der Waals surface area contributed by atoms with Crippen molar-refractivity contribution < 1.29 is 4.42 Å². The van der Waals surface area contributed by atoms with Crippen molar-refractivity contribution in [3.8, 4) is 0 Å². The van der Waals surface area contributed by atoms with Gasteiger partial charge in [0.05, 0.1) is 6.54 Å². The lowest BCUT2D eigenvalue weighted by molar-refractivity contribution is 0.481. The van der Waals surface area contributed by atoms with Crippen LogP contribution in [0.5, 0.6) is 0 Å². The van der Waals surface area contributed by atoms with Gasteiger partial charge in [0.1, 0.15) is 11.3 Å². The van der Waals surface area contributed by atoms with Crippen molar-refractivity contribution in [3.05, 3.63) is 34.6 Å². The second-order valence-corrected chi connectivity index (χ2v) is 7.08. The Balaban J connectivity index is 2.16. The number of benzene rings is 1. The van der Waals surface area contributed by atoms with Crippen LogP contribution in [0.15, 0.2) is 16.5 Å². The second kappa shape index (κ2) is 5.49. The van der Waals surface area contributed by atoms with E-state index in [1.807, 2.05) is 0 Å². The molecule has 0 saturated heterocycles. The maximum absolute atomic E-state index is 6.36. The van der Waals surface area contributed by atoms with Gasteiger partial charge in [0.2, 0.25) is 0 Å². The Bertz CT molecular complexity index is 647. The van der Waals surface area contributed by atoms with Crippen molar-refractivity contribution in [2.45, 2.75) is 71.9 Å². The van der Waals surface area contributed by atoms with E-state index in [1.165, 1.54) is 34.9 Å². The van der Waals surface area contributed by atoms with Crippen molar-refractivity contribution in [2.75, 3.05) is 0 Å². The summed E-state index contributed by atoms with van der Waals surface area (Å²) in [7, 11) is 0. The number of furan rings is 1. The highest BCUT2D eigenvalue weighted by Crippen LogP contribution is 2.48. The van der Waals surface area contributed by atoms with E-state index in [0.29, 0.717) is 12.0 Å². The summed E-state index contributed by atoms with van der Waals surface area (Å²) in [4.78, 5) is 0. The molecule has 0 unspecified atom stereocenters. The summed E-state index contributed by atoms with van der Waals surface area (Å²) in [6, 6.07) is 4.98. The van der Waals surface area contributed by atoms with Crippen molar-refractivity contribution >= 4 is 11.0 Å². The third-order valence-corrected chi connectivity index (χ3v) is 4.47. The molecular formula is C19H27NO. The molecule has 1 aliphatic carbocycles. The van der Waals surface area contributed by atoms with Crippen molar-refractivity contribution in [3.63, 3.8) is 0 Å². The molecule has 0 aliphatic heterocycles. The van der Waals surface area contributed by atoms with Gasteiger partial charge >= 0.3 is 0 Å². The van der Waals surface area contributed by atoms with Gasteiger partial charge in [-0.05, 0) is 42.7 Å². The Labute approximate surface area is 127 Å². The maximum Gasteiger partial charge on any atom is 0.138 e. The van der Waals surface area contributed by atoms with Crippen LogP contribution in [-0.2, 0) is 6.54 Å². The van der Waals surface area contributed by atoms with Crippen LogP contribution in [0, 0.1) is 6.92 Å². The van der Waals surface area contributed by atoms with Crippen LogP contribution in [0.25, 0.3) is 11.0 Å². The van der Waals surface area contributed by atoms with Gasteiger partial charge in [-0.25, -0.2) is 0 Å². The molecule has 0 bridgehead atoms. The van der Waals surface area contributed by atoms with Gasteiger partial charge in [-0.15, -0.1) is 0 Å². The first-order valence-electron chi connectivity index (χ1n) is 8.27. The number of rotatable bonds is 5. The van der Waals surface area contributed by atoms with E-state index in [4.69, 9.17) is 4.42 Å². The van der Waals surface area contributed by atoms with Crippen LogP contribution < -0.4 is 5.32 Å². The van der Waals surface area contributed by atoms with Crippen LogP contribution in [0.3, 0.4) is 0 Å². The van der Waals surface area contributed by atoms with Crippen LogP contribution >= 0.6 is 0 Å². The molecule has 1 saturated carbocycles. The lowest BCUT2D eigenvalue weighted by Crippen LogP contribution is -2.22. The fourth-order valence-corrected chi connectivity index (χ4v) is 3.15. The molecular weight excluding hydrogens is 258 g/mol. The standard InChI is InChI=1S/C19H27NO/c1-11(2)15-9-6-13(5)17-18(14-7-8-14)16(21-19(15)17)10-20-12(3)4/h6,9,11-12,14,20H,7-8,10H2,1-5H3. The molecule has 1 fully saturated rings. The molecule has 114 valence electrons. The fraction of sp³-hybridized carbons (Fsp3) is 0.579. The first kappa shape index (κ1) is 14.6. The molecule has 3 rings (SSSR count). The average molecular weight is 285 g/mol. The van der Waals surface area contributed by atoms with Gasteiger partial charge in [0.15, 0.2) is 0 Å². The Morgan fingerprint density at radius 3 is 2.48 bits per heavy atom. The third kappa shape index (κ3) is 2.74. The highest BCUT2D eigenvalue weighted by atomic mass is 16.3. The van der Waals surface area contributed by atoms with Gasteiger partial charge in [0, 0.05) is 17.0 Å². The molecule has 1 aromatic carbocycles. The largest absolute Gasteiger partial charge is 0.459 e. The van der Waals surface area contributed by atoms with Crippen LogP contribution in [-0.4, -0.2) is 6.04 Å². The van der Waals surface area contributed by atoms with Gasteiger partial charge in [0.25, 0.3) is 0 Å². The maximum atomic E-state index is 6.36. The predicted molar refractivity (Wildman–Crippen MR) is 89.0 cm³/mol. The molecule has 0 radical (unpaired) electrons. The summed E-state index contributed by atoms with van der Waals surface area (Å²) in [6.45, 7) is 11.9. The topological polar surface area (TPSA) is 25.2 Å². The molecule has 0 amide bonds. The van der Waals surface area contributed by atoms with E-state index < -0.39 is 0 Å². The highest BCUT2D eigenvalue weighted by molar-refractivity contribution is 5.89. The van der Waals surface area contributed by atoms with Crippen LogP contribution in [0.4, 0.5) is 0 Å². The Morgan fingerprint density at radius 1 is 1.19 bits per heavy atom. The zero-order chi connectivity index (χ0) is 15.1. The zero-order valence-electron chi connectivity index (χ0n) is 13.9. The van der Waals surface area contributed by atoms with Gasteiger partial charge in [-0.3, -0.25) is 0 Å². The predicted octanol–water partition coefficient (Wildman–Crippen LogP) is 5.24. The van der Waals surface area contributed by atoms with E-state index >= 15 is 0 Å². The SMILES string of the molecule is Cc1ccc(C(C)C)c2oc(CNC(C)C)c(C3CC3)c12. The monoisotopic (exact) mass is 285 g/mol. The number of aryl methyl sites for hydroxylation is 1. The number of hydrogen-bond donors (Lipinski definition) is 1. The molecule has 2 nitrogen and oxygen atoms in total. The smallest absolute Gasteiger partial charge is 0.138 e. The molecule has 2 heteroatoms. The molecule has 1 aliphatic rings. The Kier molecular flexibility index (Phi) is 3.83. The quantitative estimate of drug-likeness (QED) is 0.812. The molecule has 2 aromatic rings. The molecule has 21 heavy (non-hydrogen) atoms. The van der Waals surface area contributed by atoms with E-state index in [1.54, 1.807) is 0 Å². The van der Waals surface area contributed by atoms with Crippen molar-refractivity contribution in [1.29, 1.82) is 0 Å². The first-order chi connectivity index (χ1) is 9.99. The molecule has 0 spiro atoms. The Morgan fingerprint density at radius 2 is 1.90 bits per heavy atom. The summed E-state index contributed by atoms with van der Waals surface area (Å²) in [5.41, 5.74) is 5.31. The molecule has 0 atom stereocenters. The molecule has 1 aromatic heterocycles. The van der Waals surface area contributed by atoms with Crippen LogP contribution in [0.1, 0.15) is 74.8 Å². The summed E-state index contributed by atoms with van der Waals surface area (Å²) in [5, 5.41) is 4.91. The normalized spacial score (nSPS) is 15.6. The minimum absolute atomic E-state index is 0.482. The van der Waals surface area contributed by atoms with E-state index in [0.717, 1.165) is 23.8 Å². The molecule has 1 N–H and O–H groups in total. The van der Waals surface area contributed by atoms with Gasteiger partial charge < -0.3 is 9.73 Å². The van der Waals surface area contributed by atoms with Gasteiger partial charge in [-0.2, -0.15) is 0 Å². The summed E-state index contributed by atoms with van der Waals surface area (Å²) < 4.78 is 6.36. The summed E-state index contributed by atoms with van der Waals surface area (Å²) in [6.07, 6.45) is 2.63.